The fourth-order valence-corrected chi connectivity index (χ4v) is 2.20. The number of nitrogens with zero attached hydrogens (tertiary/aromatic N) is 7. The number of fused-ring (bicyclic) bond motifs is 1. The summed E-state index contributed by atoms with van der Waals surface area (Å²) in [4.78, 5) is 32.3. The molecule has 11 heteroatoms. The van der Waals surface area contributed by atoms with Gasteiger partial charge in [-0.2, -0.15) is 4.52 Å². The molecule has 0 saturated heterocycles. The number of methoxy groups -OCH3 is 1. The lowest BCUT2D eigenvalue weighted by atomic mass is 10.3. The molecule has 1 N–H and O–H groups in total. The Morgan fingerprint density at radius 2 is 1.96 bits per heavy atom. The molecule has 11 nitrogen and oxygen atoms in total. The van der Waals surface area contributed by atoms with Gasteiger partial charge in [0.05, 0.1) is 7.11 Å². The summed E-state index contributed by atoms with van der Waals surface area (Å²) in [5.41, 5.74) is 0.377. The standard InChI is InChI=1S/C14H13N7O4/c1-8(13(22)25-2)20(14(23)24)10-5-4-9-17-18-12(21(9)19-10)11-15-6-3-7-16-11/h3-8H,1-2H3,(H,23,24). The minimum atomic E-state index is -1.35. The smallest absolute Gasteiger partial charge is 0.413 e. The normalized spacial score (nSPS) is 11.9. The van der Waals surface area contributed by atoms with Crippen LogP contribution in [-0.4, -0.2) is 60.1 Å². The van der Waals surface area contributed by atoms with Crippen molar-refractivity contribution in [2.75, 3.05) is 12.0 Å². The minimum Gasteiger partial charge on any atom is -0.467 e. The summed E-state index contributed by atoms with van der Waals surface area (Å²) in [6, 6.07) is 3.52. The van der Waals surface area contributed by atoms with Crippen LogP contribution < -0.4 is 4.90 Å². The monoisotopic (exact) mass is 343 g/mol. The maximum Gasteiger partial charge on any atom is 0.413 e. The maximum absolute atomic E-state index is 11.7. The third-order valence-electron chi connectivity index (χ3n) is 3.40. The predicted octanol–water partition coefficient (Wildman–Crippen LogP) is 0.627. The van der Waals surface area contributed by atoms with E-state index in [1.807, 2.05) is 0 Å². The molecule has 128 valence electrons. The van der Waals surface area contributed by atoms with Crippen LogP contribution >= 0.6 is 0 Å². The Balaban J connectivity index is 2.10. The molecule has 3 aromatic rings. The van der Waals surface area contributed by atoms with Crippen molar-refractivity contribution >= 4 is 23.5 Å². The summed E-state index contributed by atoms with van der Waals surface area (Å²) >= 11 is 0. The molecule has 0 aromatic carbocycles. The van der Waals surface area contributed by atoms with E-state index in [9.17, 15) is 14.7 Å². The summed E-state index contributed by atoms with van der Waals surface area (Å²) in [7, 11) is 1.18. The number of carbonyl (C=O) groups excluding carboxylic acids is 1. The van der Waals surface area contributed by atoms with E-state index in [0.717, 1.165) is 4.90 Å². The second-order valence-electron chi connectivity index (χ2n) is 4.91. The van der Waals surface area contributed by atoms with Crippen LogP contribution in [0.4, 0.5) is 10.6 Å². The molecule has 3 heterocycles. The molecule has 0 radical (unpaired) electrons. The Hall–Kier alpha value is -3.63. The molecule has 1 unspecified atom stereocenters. The third-order valence-corrected chi connectivity index (χ3v) is 3.40. The molecule has 1 amide bonds. The molecule has 0 saturated carbocycles. The van der Waals surface area contributed by atoms with Gasteiger partial charge >= 0.3 is 12.1 Å². The molecule has 0 aliphatic heterocycles. The van der Waals surface area contributed by atoms with Gasteiger partial charge in [0.2, 0.25) is 5.82 Å². The van der Waals surface area contributed by atoms with Gasteiger partial charge in [-0.25, -0.2) is 24.5 Å². The lowest BCUT2D eigenvalue weighted by Crippen LogP contribution is -2.44. The molecule has 0 spiro atoms. The first-order valence-corrected chi connectivity index (χ1v) is 7.12. The molecule has 3 rings (SSSR count). The highest BCUT2D eigenvalue weighted by molar-refractivity contribution is 5.93. The van der Waals surface area contributed by atoms with Gasteiger partial charge in [-0.3, -0.25) is 0 Å². The zero-order valence-electron chi connectivity index (χ0n) is 13.3. The summed E-state index contributed by atoms with van der Waals surface area (Å²) < 4.78 is 5.92. The highest BCUT2D eigenvalue weighted by Crippen LogP contribution is 2.19. The van der Waals surface area contributed by atoms with Crippen LogP contribution in [0.3, 0.4) is 0 Å². The van der Waals surface area contributed by atoms with Crippen LogP contribution in [0.25, 0.3) is 17.3 Å². The van der Waals surface area contributed by atoms with Gasteiger partial charge in [-0.1, -0.05) is 0 Å². The highest BCUT2D eigenvalue weighted by atomic mass is 16.5. The van der Waals surface area contributed by atoms with Crippen LogP contribution in [-0.2, 0) is 9.53 Å². The van der Waals surface area contributed by atoms with E-state index in [4.69, 9.17) is 0 Å². The summed E-state index contributed by atoms with van der Waals surface area (Å²) in [5, 5.41) is 21.6. The molecule has 0 fully saturated rings. The third kappa shape index (κ3) is 2.94. The van der Waals surface area contributed by atoms with Gasteiger partial charge in [0.15, 0.2) is 17.3 Å². The van der Waals surface area contributed by atoms with Crippen molar-refractivity contribution in [3.63, 3.8) is 0 Å². The molecular weight excluding hydrogens is 330 g/mol. The van der Waals surface area contributed by atoms with Crippen molar-refractivity contribution in [1.29, 1.82) is 0 Å². The number of anilines is 1. The van der Waals surface area contributed by atoms with E-state index in [2.05, 4.69) is 30.0 Å². The minimum absolute atomic E-state index is 0.00915. The molecule has 3 aromatic heterocycles. The van der Waals surface area contributed by atoms with Crippen molar-refractivity contribution in [3.05, 3.63) is 30.6 Å². The first-order chi connectivity index (χ1) is 12.0. The number of carbonyl (C=O) groups is 2. The number of amides is 1. The van der Waals surface area contributed by atoms with Crippen LogP contribution in [0, 0.1) is 0 Å². The van der Waals surface area contributed by atoms with Gasteiger partial charge in [-0.05, 0) is 25.1 Å². The van der Waals surface area contributed by atoms with E-state index < -0.39 is 18.1 Å². The molecule has 0 aliphatic carbocycles. The van der Waals surface area contributed by atoms with Crippen molar-refractivity contribution in [2.45, 2.75) is 13.0 Å². The van der Waals surface area contributed by atoms with E-state index in [0.29, 0.717) is 5.65 Å². The van der Waals surface area contributed by atoms with Crippen molar-refractivity contribution in [2.24, 2.45) is 0 Å². The number of esters is 1. The van der Waals surface area contributed by atoms with Crippen LogP contribution in [0.5, 0.6) is 0 Å². The fraction of sp³-hybridized carbons (Fsp3) is 0.214. The van der Waals surface area contributed by atoms with Crippen LogP contribution in [0.2, 0.25) is 0 Å². The number of ether oxygens (including phenoxy) is 1. The van der Waals surface area contributed by atoms with Gasteiger partial charge in [0.25, 0.3) is 0 Å². The van der Waals surface area contributed by atoms with Gasteiger partial charge in [0.1, 0.15) is 6.04 Å². The largest absolute Gasteiger partial charge is 0.467 e. The van der Waals surface area contributed by atoms with Gasteiger partial charge < -0.3 is 9.84 Å². The fourth-order valence-electron chi connectivity index (χ4n) is 2.20. The lowest BCUT2D eigenvalue weighted by molar-refractivity contribution is -0.141. The van der Waals surface area contributed by atoms with Gasteiger partial charge in [-0.15, -0.1) is 15.3 Å². The van der Waals surface area contributed by atoms with Crippen LogP contribution in [0.1, 0.15) is 6.92 Å². The number of aromatic nitrogens is 6. The Kier molecular flexibility index (Phi) is 4.20. The Morgan fingerprint density at radius 1 is 1.24 bits per heavy atom. The van der Waals surface area contributed by atoms with E-state index in [-0.39, 0.29) is 17.5 Å². The number of hydrogen-bond acceptors (Lipinski definition) is 8. The number of hydrogen-bond donors (Lipinski definition) is 1. The first kappa shape index (κ1) is 16.2. The van der Waals surface area contributed by atoms with Crippen molar-refractivity contribution in [3.8, 4) is 11.6 Å². The molecule has 1 atom stereocenters. The van der Waals surface area contributed by atoms with Crippen molar-refractivity contribution in [1.82, 2.24) is 29.8 Å². The Labute approximate surface area is 140 Å². The highest BCUT2D eigenvalue weighted by Gasteiger charge is 2.29. The van der Waals surface area contributed by atoms with Crippen molar-refractivity contribution < 1.29 is 19.4 Å². The van der Waals surface area contributed by atoms with E-state index in [1.165, 1.54) is 43.1 Å². The lowest BCUT2D eigenvalue weighted by Gasteiger charge is -2.23. The second-order valence-corrected chi connectivity index (χ2v) is 4.91. The average Bonchev–Trinajstić information content (AvgIpc) is 3.04. The summed E-state index contributed by atoms with van der Waals surface area (Å²) in [6.07, 6.45) is 1.72. The van der Waals surface area contributed by atoms with E-state index >= 15 is 0 Å². The van der Waals surface area contributed by atoms with Gasteiger partial charge in [0, 0.05) is 12.4 Å². The Morgan fingerprint density at radius 3 is 2.60 bits per heavy atom. The molecule has 25 heavy (non-hydrogen) atoms. The quantitative estimate of drug-likeness (QED) is 0.676. The topological polar surface area (TPSA) is 136 Å². The average molecular weight is 343 g/mol. The molecule has 0 aliphatic rings. The maximum atomic E-state index is 11.7. The second kappa shape index (κ2) is 6.47. The Bertz CT molecular complexity index is 927. The summed E-state index contributed by atoms with van der Waals surface area (Å²) in [5.74, 6) is -0.175. The zero-order chi connectivity index (χ0) is 18.0. The number of carboxylic acid groups (broad SMARTS) is 1. The SMILES string of the molecule is COC(=O)C(C)N(C(=O)O)c1ccc2nnc(-c3ncccn3)n2n1. The summed E-state index contributed by atoms with van der Waals surface area (Å²) in [6.45, 7) is 1.40. The number of rotatable bonds is 4. The van der Waals surface area contributed by atoms with E-state index in [1.54, 1.807) is 6.07 Å². The van der Waals surface area contributed by atoms with Crippen LogP contribution in [0.15, 0.2) is 30.6 Å². The predicted molar refractivity (Wildman–Crippen MR) is 83.8 cm³/mol. The molecule has 0 bridgehead atoms. The zero-order valence-corrected chi connectivity index (χ0v) is 13.3. The molecular formula is C14H13N7O4. The first-order valence-electron chi connectivity index (χ1n) is 7.12.